The minimum Gasteiger partial charge on any atom is -0.497 e. The van der Waals surface area contributed by atoms with Crippen LogP contribution in [0.5, 0.6) is 5.75 Å². The number of ether oxygens (including phenoxy) is 1. The fourth-order valence-electron chi connectivity index (χ4n) is 2.88. The number of aryl methyl sites for hydroxylation is 1. The SMILES string of the molecule is COc1ccc(CN2C[C@H](C(=O)NCc3cc(C)on3)CC2=O)cc1. The molecule has 2 amide bonds. The summed E-state index contributed by atoms with van der Waals surface area (Å²) in [7, 11) is 1.61. The molecule has 0 saturated carbocycles. The van der Waals surface area contributed by atoms with E-state index in [1.807, 2.05) is 24.3 Å². The summed E-state index contributed by atoms with van der Waals surface area (Å²) < 4.78 is 10.1. The number of nitrogens with zero attached hydrogens (tertiary/aromatic N) is 2. The molecular formula is C18H21N3O4. The molecule has 1 aromatic heterocycles. The van der Waals surface area contributed by atoms with E-state index in [0.717, 1.165) is 11.3 Å². The Morgan fingerprint density at radius 2 is 2.16 bits per heavy atom. The molecular weight excluding hydrogens is 322 g/mol. The van der Waals surface area contributed by atoms with E-state index in [0.29, 0.717) is 31.1 Å². The fourth-order valence-corrected chi connectivity index (χ4v) is 2.88. The molecule has 0 aliphatic carbocycles. The Hall–Kier alpha value is -2.83. The van der Waals surface area contributed by atoms with Gasteiger partial charge in [0.05, 0.1) is 19.6 Å². The second-order valence-electron chi connectivity index (χ2n) is 6.17. The molecule has 1 aromatic carbocycles. The summed E-state index contributed by atoms with van der Waals surface area (Å²) in [6.45, 7) is 3.02. The van der Waals surface area contributed by atoms with Gasteiger partial charge in [-0.05, 0) is 24.6 Å². The molecule has 1 atom stereocenters. The van der Waals surface area contributed by atoms with Gasteiger partial charge in [-0.2, -0.15) is 0 Å². The van der Waals surface area contributed by atoms with E-state index in [4.69, 9.17) is 9.26 Å². The standard InChI is InChI=1S/C18H21N3O4/c1-12-7-15(20-25-12)9-19-18(23)14-8-17(22)21(11-14)10-13-3-5-16(24-2)6-4-13/h3-7,14H,8-11H2,1-2H3,(H,19,23)/t14-/m1/s1. The van der Waals surface area contributed by atoms with Crippen molar-refractivity contribution in [3.05, 3.63) is 47.3 Å². The first-order valence-electron chi connectivity index (χ1n) is 8.16. The second kappa shape index (κ2) is 7.38. The molecule has 1 aliphatic rings. The van der Waals surface area contributed by atoms with Crippen molar-refractivity contribution in [1.82, 2.24) is 15.4 Å². The van der Waals surface area contributed by atoms with Gasteiger partial charge in [0.25, 0.3) is 0 Å². The third-order valence-corrected chi connectivity index (χ3v) is 4.24. The number of aromatic nitrogens is 1. The molecule has 132 valence electrons. The summed E-state index contributed by atoms with van der Waals surface area (Å²) in [4.78, 5) is 26.2. The zero-order valence-corrected chi connectivity index (χ0v) is 14.3. The van der Waals surface area contributed by atoms with Crippen LogP contribution in [0.3, 0.4) is 0 Å². The minimum absolute atomic E-state index is 0.00625. The van der Waals surface area contributed by atoms with Crippen LogP contribution in [-0.2, 0) is 22.7 Å². The van der Waals surface area contributed by atoms with Crippen LogP contribution >= 0.6 is 0 Å². The lowest BCUT2D eigenvalue weighted by Crippen LogP contribution is -2.32. The first-order valence-corrected chi connectivity index (χ1v) is 8.16. The molecule has 1 N–H and O–H groups in total. The van der Waals surface area contributed by atoms with Crippen molar-refractivity contribution < 1.29 is 18.8 Å². The predicted octanol–water partition coefficient (Wildman–Crippen LogP) is 1.66. The van der Waals surface area contributed by atoms with Crippen molar-refractivity contribution in [3.8, 4) is 5.75 Å². The molecule has 0 bridgehead atoms. The van der Waals surface area contributed by atoms with E-state index in [1.54, 1.807) is 25.0 Å². The van der Waals surface area contributed by atoms with Crippen LogP contribution in [0, 0.1) is 12.8 Å². The van der Waals surface area contributed by atoms with Crippen molar-refractivity contribution in [2.45, 2.75) is 26.4 Å². The van der Waals surface area contributed by atoms with Gasteiger partial charge in [0.1, 0.15) is 17.2 Å². The summed E-state index contributed by atoms with van der Waals surface area (Å²) in [5.41, 5.74) is 1.68. The highest BCUT2D eigenvalue weighted by molar-refractivity contribution is 5.89. The average Bonchev–Trinajstić information content (AvgIpc) is 3.19. The van der Waals surface area contributed by atoms with Gasteiger partial charge in [0, 0.05) is 25.6 Å². The highest BCUT2D eigenvalue weighted by atomic mass is 16.5. The average molecular weight is 343 g/mol. The summed E-state index contributed by atoms with van der Waals surface area (Å²) in [5.74, 6) is 1.00. The number of carbonyl (C=O) groups is 2. The van der Waals surface area contributed by atoms with Crippen LogP contribution in [0.4, 0.5) is 0 Å². The topological polar surface area (TPSA) is 84.7 Å². The number of benzene rings is 1. The lowest BCUT2D eigenvalue weighted by Gasteiger charge is -2.17. The van der Waals surface area contributed by atoms with Gasteiger partial charge >= 0.3 is 0 Å². The molecule has 7 heteroatoms. The van der Waals surface area contributed by atoms with Gasteiger partial charge < -0.3 is 19.5 Å². The van der Waals surface area contributed by atoms with Crippen LogP contribution in [0.25, 0.3) is 0 Å². The highest BCUT2D eigenvalue weighted by Crippen LogP contribution is 2.21. The summed E-state index contributed by atoms with van der Waals surface area (Å²) in [6.07, 6.45) is 0.236. The maximum absolute atomic E-state index is 12.3. The minimum atomic E-state index is -0.334. The molecule has 3 rings (SSSR count). The number of nitrogens with one attached hydrogen (secondary N) is 1. The first kappa shape index (κ1) is 17.0. The van der Waals surface area contributed by atoms with Crippen molar-refractivity contribution in [2.75, 3.05) is 13.7 Å². The molecule has 0 spiro atoms. The molecule has 2 aromatic rings. The van der Waals surface area contributed by atoms with Gasteiger partial charge in [-0.1, -0.05) is 17.3 Å². The van der Waals surface area contributed by atoms with Crippen molar-refractivity contribution in [2.24, 2.45) is 5.92 Å². The molecule has 25 heavy (non-hydrogen) atoms. The van der Waals surface area contributed by atoms with Crippen LogP contribution in [-0.4, -0.2) is 35.5 Å². The zero-order valence-electron chi connectivity index (χ0n) is 14.3. The van der Waals surface area contributed by atoms with Crippen LogP contribution in [0.15, 0.2) is 34.9 Å². The Bertz CT molecular complexity index is 754. The van der Waals surface area contributed by atoms with Gasteiger partial charge in [0.2, 0.25) is 11.8 Å². The van der Waals surface area contributed by atoms with E-state index in [1.165, 1.54) is 0 Å². The van der Waals surface area contributed by atoms with Crippen molar-refractivity contribution >= 4 is 11.8 Å². The van der Waals surface area contributed by atoms with Crippen LogP contribution in [0.2, 0.25) is 0 Å². The Morgan fingerprint density at radius 3 is 2.80 bits per heavy atom. The number of amides is 2. The van der Waals surface area contributed by atoms with Crippen LogP contribution in [0.1, 0.15) is 23.4 Å². The molecule has 2 heterocycles. The number of hydrogen-bond acceptors (Lipinski definition) is 5. The third kappa shape index (κ3) is 4.17. The largest absolute Gasteiger partial charge is 0.497 e. The summed E-state index contributed by atoms with van der Waals surface area (Å²) in [5, 5.41) is 6.65. The second-order valence-corrected chi connectivity index (χ2v) is 6.17. The first-order chi connectivity index (χ1) is 12.0. The molecule has 1 aliphatic heterocycles. The Labute approximate surface area is 145 Å². The van der Waals surface area contributed by atoms with Crippen LogP contribution < -0.4 is 10.1 Å². The van der Waals surface area contributed by atoms with E-state index in [9.17, 15) is 9.59 Å². The molecule has 1 fully saturated rings. The number of carbonyl (C=O) groups excluding carboxylic acids is 2. The van der Waals surface area contributed by atoms with Gasteiger partial charge in [0.15, 0.2) is 0 Å². The lowest BCUT2D eigenvalue weighted by molar-refractivity contribution is -0.129. The number of likely N-dealkylation sites (tertiary alicyclic amines) is 1. The Balaban J connectivity index is 1.53. The van der Waals surface area contributed by atoms with Crippen molar-refractivity contribution in [1.29, 1.82) is 0 Å². The summed E-state index contributed by atoms with van der Waals surface area (Å²) >= 11 is 0. The summed E-state index contributed by atoms with van der Waals surface area (Å²) in [6, 6.07) is 9.34. The Kier molecular flexibility index (Phi) is 5.02. The van der Waals surface area contributed by atoms with Gasteiger partial charge in [-0.3, -0.25) is 9.59 Å². The monoisotopic (exact) mass is 343 g/mol. The van der Waals surface area contributed by atoms with Crippen molar-refractivity contribution in [3.63, 3.8) is 0 Å². The molecule has 0 unspecified atom stereocenters. The van der Waals surface area contributed by atoms with E-state index >= 15 is 0 Å². The molecule has 0 radical (unpaired) electrons. The maximum Gasteiger partial charge on any atom is 0.225 e. The Morgan fingerprint density at radius 1 is 1.40 bits per heavy atom. The number of methoxy groups -OCH3 is 1. The lowest BCUT2D eigenvalue weighted by atomic mass is 10.1. The van der Waals surface area contributed by atoms with E-state index in [2.05, 4.69) is 10.5 Å². The zero-order chi connectivity index (χ0) is 17.8. The number of hydrogen-bond donors (Lipinski definition) is 1. The molecule has 1 saturated heterocycles. The third-order valence-electron chi connectivity index (χ3n) is 4.24. The number of rotatable bonds is 6. The van der Waals surface area contributed by atoms with Gasteiger partial charge in [-0.15, -0.1) is 0 Å². The maximum atomic E-state index is 12.3. The van der Waals surface area contributed by atoms with Gasteiger partial charge in [-0.25, -0.2) is 0 Å². The fraction of sp³-hybridized carbons (Fsp3) is 0.389. The molecule has 7 nitrogen and oxygen atoms in total. The van der Waals surface area contributed by atoms with E-state index < -0.39 is 0 Å². The van der Waals surface area contributed by atoms with E-state index in [-0.39, 0.29) is 24.2 Å². The quantitative estimate of drug-likeness (QED) is 0.862. The predicted molar refractivity (Wildman–Crippen MR) is 89.6 cm³/mol. The highest BCUT2D eigenvalue weighted by Gasteiger charge is 2.34. The normalized spacial score (nSPS) is 17.0. The smallest absolute Gasteiger partial charge is 0.225 e.